The second kappa shape index (κ2) is 12.3. The molecule has 0 radical (unpaired) electrons. The fourth-order valence-corrected chi connectivity index (χ4v) is 6.95. The summed E-state index contributed by atoms with van der Waals surface area (Å²) in [5.74, 6) is 0.361. The van der Waals surface area contributed by atoms with Gasteiger partial charge in [-0.25, -0.2) is 0 Å². The predicted octanol–water partition coefficient (Wildman–Crippen LogP) is 7.28. The molecule has 1 fully saturated rings. The van der Waals surface area contributed by atoms with E-state index < -0.39 is 22.7 Å². The smallest absolute Gasteiger partial charge is 0.192 e. The maximum atomic E-state index is 10.6. The van der Waals surface area contributed by atoms with Crippen molar-refractivity contribution in [2.24, 2.45) is 11.8 Å². The van der Waals surface area contributed by atoms with E-state index >= 15 is 0 Å². The van der Waals surface area contributed by atoms with Crippen LogP contribution in [0.3, 0.4) is 0 Å². The van der Waals surface area contributed by atoms with Crippen molar-refractivity contribution in [3.8, 4) is 0 Å². The first kappa shape index (κ1) is 31.0. The molecule has 6 heteroatoms. The van der Waals surface area contributed by atoms with Gasteiger partial charge < -0.3 is 19.1 Å². The third-order valence-corrected chi connectivity index (χ3v) is 17.5. The fourth-order valence-electron chi connectivity index (χ4n) is 4.21. The summed E-state index contributed by atoms with van der Waals surface area (Å²) in [5, 5.41) is 20.8. The Labute approximate surface area is 207 Å². The largest absolute Gasteiger partial charge is 0.414 e. The quantitative estimate of drug-likeness (QED) is 0.168. The standard InChI is InChI=1S/C27H56O4Si2/c1-12-13-14-15-21(29)16-17-22-23(18-19-28)25(31-33(10,11)27(5,6)7)20-24(22)30-32(8,9)26(2,3)4/h16-17,21-25,28-29H,12-15,18-20H2,1-11H3/b17-16+/t21-,22-,23+,24+,25-/m1/s1. The van der Waals surface area contributed by atoms with Gasteiger partial charge in [0.05, 0.1) is 18.3 Å². The topological polar surface area (TPSA) is 58.9 Å². The Hall–Kier alpha value is 0.0138. The third kappa shape index (κ3) is 8.87. The summed E-state index contributed by atoms with van der Waals surface area (Å²) < 4.78 is 13.9. The highest BCUT2D eigenvalue weighted by Gasteiger charge is 2.50. The van der Waals surface area contributed by atoms with Crippen LogP contribution in [0.4, 0.5) is 0 Å². The minimum absolute atomic E-state index is 0.0660. The normalized spacial score (nSPS) is 26.3. The Balaban J connectivity index is 3.23. The molecule has 4 nitrogen and oxygen atoms in total. The molecule has 1 saturated carbocycles. The molecule has 0 unspecified atom stereocenters. The van der Waals surface area contributed by atoms with Crippen molar-refractivity contribution in [3.05, 3.63) is 12.2 Å². The van der Waals surface area contributed by atoms with Crippen LogP contribution in [-0.2, 0) is 8.85 Å². The fraction of sp³-hybridized carbons (Fsp3) is 0.926. The Bertz CT molecular complexity index is 604. The van der Waals surface area contributed by atoms with Crippen LogP contribution in [-0.4, -0.2) is 51.8 Å². The van der Waals surface area contributed by atoms with Gasteiger partial charge >= 0.3 is 0 Å². The maximum Gasteiger partial charge on any atom is 0.192 e. The molecule has 2 N–H and O–H groups in total. The van der Waals surface area contributed by atoms with Crippen LogP contribution in [0.1, 0.15) is 87.0 Å². The van der Waals surface area contributed by atoms with Crippen LogP contribution in [0.25, 0.3) is 0 Å². The van der Waals surface area contributed by atoms with Crippen molar-refractivity contribution >= 4 is 16.6 Å². The summed E-state index contributed by atoms with van der Waals surface area (Å²) in [6, 6.07) is 0. The van der Waals surface area contributed by atoms with E-state index in [0.29, 0.717) is 6.42 Å². The SMILES string of the molecule is CCCCC[C@@H](O)/C=C/[C@@H]1[C@H](CCO)[C@H](O[Si](C)(C)C(C)(C)C)C[C@@H]1O[Si](C)(C)C(C)(C)C. The molecule has 196 valence electrons. The highest BCUT2D eigenvalue weighted by atomic mass is 28.4. The van der Waals surface area contributed by atoms with E-state index in [1.165, 1.54) is 0 Å². The van der Waals surface area contributed by atoms with E-state index in [1.807, 2.05) is 6.08 Å². The molecule has 1 aliphatic rings. The zero-order chi connectivity index (χ0) is 25.7. The van der Waals surface area contributed by atoms with Gasteiger partial charge in [0.15, 0.2) is 16.6 Å². The summed E-state index contributed by atoms with van der Waals surface area (Å²) in [6.45, 7) is 25.3. The monoisotopic (exact) mass is 500 g/mol. The molecule has 0 aromatic heterocycles. The van der Waals surface area contributed by atoms with Gasteiger partial charge in [0.25, 0.3) is 0 Å². The number of rotatable bonds is 12. The molecule has 0 aromatic rings. The van der Waals surface area contributed by atoms with E-state index in [1.54, 1.807) is 0 Å². The average molecular weight is 501 g/mol. The lowest BCUT2D eigenvalue weighted by atomic mass is 9.90. The molecule has 0 aliphatic heterocycles. The molecule has 0 heterocycles. The molecule has 0 aromatic carbocycles. The number of aliphatic hydroxyl groups is 2. The average Bonchev–Trinajstić information content (AvgIpc) is 2.93. The van der Waals surface area contributed by atoms with Crippen LogP contribution in [0.15, 0.2) is 12.2 Å². The number of aliphatic hydroxyl groups excluding tert-OH is 2. The Morgan fingerprint density at radius 1 is 0.909 bits per heavy atom. The molecule has 0 amide bonds. The first-order valence-corrected chi connectivity index (χ1v) is 19.1. The highest BCUT2D eigenvalue weighted by Crippen LogP contribution is 2.47. The highest BCUT2D eigenvalue weighted by molar-refractivity contribution is 6.74. The lowest BCUT2D eigenvalue weighted by Gasteiger charge is -2.40. The van der Waals surface area contributed by atoms with Gasteiger partial charge in [-0.1, -0.05) is 79.9 Å². The van der Waals surface area contributed by atoms with E-state index in [-0.39, 0.29) is 40.7 Å². The van der Waals surface area contributed by atoms with Gasteiger partial charge in [0, 0.05) is 12.5 Å². The summed E-state index contributed by atoms with van der Waals surface area (Å²) in [5.41, 5.74) is 0. The number of hydrogen-bond acceptors (Lipinski definition) is 4. The molecule has 1 rings (SSSR count). The van der Waals surface area contributed by atoms with Crippen molar-refractivity contribution in [2.75, 3.05) is 6.61 Å². The number of unbranched alkanes of at least 4 members (excludes halogenated alkanes) is 2. The number of hydrogen-bond donors (Lipinski definition) is 2. The second-order valence-electron chi connectivity index (χ2n) is 13.3. The van der Waals surface area contributed by atoms with E-state index in [0.717, 1.165) is 32.1 Å². The lowest BCUT2D eigenvalue weighted by Crippen LogP contribution is -2.45. The lowest BCUT2D eigenvalue weighted by molar-refractivity contribution is 0.111. The predicted molar refractivity (Wildman–Crippen MR) is 147 cm³/mol. The Kier molecular flexibility index (Phi) is 11.6. The van der Waals surface area contributed by atoms with Crippen molar-refractivity contribution < 1.29 is 19.1 Å². The van der Waals surface area contributed by atoms with Gasteiger partial charge in [-0.15, -0.1) is 0 Å². The molecule has 5 atom stereocenters. The van der Waals surface area contributed by atoms with Crippen LogP contribution in [0.5, 0.6) is 0 Å². The summed E-state index contributed by atoms with van der Waals surface area (Å²) >= 11 is 0. The van der Waals surface area contributed by atoms with Crippen molar-refractivity contribution in [3.63, 3.8) is 0 Å². The van der Waals surface area contributed by atoms with E-state index in [9.17, 15) is 10.2 Å². The van der Waals surface area contributed by atoms with Crippen molar-refractivity contribution in [1.82, 2.24) is 0 Å². The van der Waals surface area contributed by atoms with E-state index in [2.05, 4.69) is 80.7 Å². The van der Waals surface area contributed by atoms with E-state index in [4.69, 9.17) is 8.85 Å². The van der Waals surface area contributed by atoms with Gasteiger partial charge in [0.1, 0.15) is 0 Å². The zero-order valence-electron chi connectivity index (χ0n) is 23.7. The minimum Gasteiger partial charge on any atom is -0.414 e. The molecule has 0 spiro atoms. The first-order chi connectivity index (χ1) is 15.0. The molecular formula is C27H56O4Si2. The summed E-state index contributed by atoms with van der Waals surface area (Å²) in [6.07, 6.45) is 9.66. The van der Waals surface area contributed by atoms with Crippen LogP contribution in [0.2, 0.25) is 36.3 Å². The van der Waals surface area contributed by atoms with Crippen molar-refractivity contribution in [2.45, 2.75) is 142 Å². The van der Waals surface area contributed by atoms with Crippen LogP contribution < -0.4 is 0 Å². The van der Waals surface area contributed by atoms with Gasteiger partial charge in [-0.2, -0.15) is 0 Å². The molecular weight excluding hydrogens is 444 g/mol. The summed E-state index contributed by atoms with van der Waals surface area (Å²) in [7, 11) is -3.94. The Morgan fingerprint density at radius 3 is 1.88 bits per heavy atom. The van der Waals surface area contributed by atoms with Gasteiger partial charge in [0.2, 0.25) is 0 Å². The Morgan fingerprint density at radius 2 is 1.42 bits per heavy atom. The molecule has 0 saturated heterocycles. The molecule has 33 heavy (non-hydrogen) atoms. The molecule has 0 bridgehead atoms. The zero-order valence-corrected chi connectivity index (χ0v) is 25.7. The van der Waals surface area contributed by atoms with Crippen molar-refractivity contribution in [1.29, 1.82) is 0 Å². The second-order valence-corrected chi connectivity index (χ2v) is 22.8. The van der Waals surface area contributed by atoms with Crippen LogP contribution in [0, 0.1) is 11.8 Å². The maximum absolute atomic E-state index is 10.6. The van der Waals surface area contributed by atoms with Gasteiger partial charge in [-0.3, -0.25) is 0 Å². The molecule has 1 aliphatic carbocycles. The summed E-state index contributed by atoms with van der Waals surface area (Å²) in [4.78, 5) is 0. The minimum atomic E-state index is -1.97. The first-order valence-electron chi connectivity index (χ1n) is 13.3. The van der Waals surface area contributed by atoms with Gasteiger partial charge in [-0.05, 0) is 61.4 Å². The third-order valence-electron chi connectivity index (χ3n) is 8.49. The van der Waals surface area contributed by atoms with Crippen LogP contribution >= 0.6 is 0 Å².